The summed E-state index contributed by atoms with van der Waals surface area (Å²) in [6, 6.07) is 4.14. The largest absolute Gasteiger partial charge is 0.127 e. The number of halogens is 2. The fourth-order valence-electron chi connectivity index (χ4n) is 2.33. The first-order valence-corrected chi connectivity index (χ1v) is 7.76. The molecule has 1 atom stereocenters. The minimum Gasteiger partial charge on any atom is -0.127 e. The summed E-state index contributed by atoms with van der Waals surface area (Å²) in [5, 5.41) is 0. The zero-order chi connectivity index (χ0) is 10.7. The highest BCUT2D eigenvalue weighted by Crippen LogP contribution is 2.39. The lowest BCUT2D eigenvalue weighted by Crippen LogP contribution is -2.08. The first kappa shape index (κ1) is 11.9. The van der Waals surface area contributed by atoms with Gasteiger partial charge in [0.15, 0.2) is 0 Å². The summed E-state index contributed by atoms with van der Waals surface area (Å²) in [5.74, 6) is 0.920. The summed E-state index contributed by atoms with van der Waals surface area (Å²) in [4.78, 5) is 1.89. The first-order valence-electron chi connectivity index (χ1n) is 5.65. The average Bonchev–Trinajstić information content (AvgIpc) is 2.66. The van der Waals surface area contributed by atoms with E-state index in [-0.39, 0.29) is 0 Å². The first-order chi connectivity index (χ1) is 7.25. The average molecular weight is 308 g/mol. The number of thiophene rings is 1. The van der Waals surface area contributed by atoms with Crippen molar-refractivity contribution in [3.8, 4) is 0 Å². The zero-order valence-electron chi connectivity index (χ0n) is 8.72. The van der Waals surface area contributed by atoms with Gasteiger partial charge in [-0.3, -0.25) is 0 Å². The van der Waals surface area contributed by atoms with Crippen molar-refractivity contribution in [2.75, 3.05) is 0 Å². The third kappa shape index (κ3) is 3.47. The fourth-order valence-corrected chi connectivity index (χ4v) is 4.34. The molecule has 1 fully saturated rings. The van der Waals surface area contributed by atoms with Crippen LogP contribution in [0.15, 0.2) is 12.1 Å². The molecule has 2 rings (SSSR count). The Morgan fingerprint density at radius 3 is 2.67 bits per heavy atom. The summed E-state index contributed by atoms with van der Waals surface area (Å²) in [6.07, 6.45) is 8.40. The van der Waals surface area contributed by atoms with Crippen molar-refractivity contribution >= 4 is 38.9 Å². The van der Waals surface area contributed by atoms with E-state index < -0.39 is 0 Å². The maximum atomic E-state index is 5.94. The molecule has 0 aromatic carbocycles. The van der Waals surface area contributed by atoms with E-state index in [1.165, 1.54) is 43.4 Å². The second-order valence-corrected chi connectivity index (χ2v) is 7.20. The molecular weight excluding hydrogens is 292 g/mol. The van der Waals surface area contributed by atoms with Gasteiger partial charge in [-0.25, -0.2) is 0 Å². The van der Waals surface area contributed by atoms with Crippen molar-refractivity contribution in [3.63, 3.8) is 0 Å². The lowest BCUT2D eigenvalue weighted by molar-refractivity contribution is 0.339. The van der Waals surface area contributed by atoms with Gasteiger partial charge >= 0.3 is 0 Å². The van der Waals surface area contributed by atoms with E-state index in [0.29, 0.717) is 4.83 Å². The second-order valence-electron chi connectivity index (χ2n) is 4.35. The molecule has 0 N–H and O–H groups in total. The van der Waals surface area contributed by atoms with Crippen LogP contribution in [0.1, 0.15) is 48.2 Å². The topological polar surface area (TPSA) is 0 Å². The van der Waals surface area contributed by atoms with Gasteiger partial charge in [0.05, 0.1) is 4.34 Å². The van der Waals surface area contributed by atoms with Gasteiger partial charge in [0, 0.05) is 9.70 Å². The predicted octanol–water partition coefficient (Wildman–Crippen LogP) is 5.81. The van der Waals surface area contributed by atoms with Crippen LogP contribution in [0.3, 0.4) is 0 Å². The minimum absolute atomic E-state index is 0.512. The summed E-state index contributed by atoms with van der Waals surface area (Å²) in [5.41, 5.74) is 0. The summed E-state index contributed by atoms with van der Waals surface area (Å²) in [7, 11) is 0. The van der Waals surface area contributed by atoms with Crippen molar-refractivity contribution in [2.45, 2.75) is 43.4 Å². The Kier molecular flexibility index (Phi) is 4.53. The van der Waals surface area contributed by atoms with Gasteiger partial charge in [0.25, 0.3) is 0 Å². The van der Waals surface area contributed by atoms with E-state index in [2.05, 4.69) is 22.0 Å². The van der Waals surface area contributed by atoms with Crippen molar-refractivity contribution < 1.29 is 0 Å². The van der Waals surface area contributed by atoms with E-state index in [1.54, 1.807) is 11.3 Å². The highest BCUT2D eigenvalue weighted by Gasteiger charge is 2.19. The van der Waals surface area contributed by atoms with Crippen LogP contribution in [0, 0.1) is 5.92 Å². The normalized spacial score (nSPS) is 20.4. The Bertz CT molecular complexity index is 304. The molecule has 1 unspecified atom stereocenters. The van der Waals surface area contributed by atoms with Crippen molar-refractivity contribution in [3.05, 3.63) is 21.3 Å². The third-order valence-corrected chi connectivity index (χ3v) is 5.68. The van der Waals surface area contributed by atoms with Crippen LogP contribution in [-0.4, -0.2) is 0 Å². The van der Waals surface area contributed by atoms with Crippen molar-refractivity contribution in [1.29, 1.82) is 0 Å². The Balaban J connectivity index is 1.88. The maximum Gasteiger partial charge on any atom is 0.0931 e. The van der Waals surface area contributed by atoms with Crippen LogP contribution in [0.4, 0.5) is 0 Å². The van der Waals surface area contributed by atoms with Gasteiger partial charge in [-0.1, -0.05) is 59.6 Å². The molecule has 0 nitrogen and oxygen atoms in total. The smallest absolute Gasteiger partial charge is 0.0931 e. The molecule has 1 aliphatic rings. The molecule has 84 valence electrons. The molecule has 1 aromatic rings. The molecule has 0 bridgehead atoms. The number of alkyl halides is 1. The molecule has 0 spiro atoms. The molecule has 1 aliphatic carbocycles. The Morgan fingerprint density at radius 2 is 2.07 bits per heavy atom. The summed E-state index contributed by atoms with van der Waals surface area (Å²) >= 11 is 11.4. The number of rotatable bonds is 3. The van der Waals surface area contributed by atoms with Crippen LogP contribution in [0.25, 0.3) is 0 Å². The molecule has 1 saturated carbocycles. The maximum absolute atomic E-state index is 5.94. The van der Waals surface area contributed by atoms with Crippen LogP contribution in [0.5, 0.6) is 0 Å². The lowest BCUT2D eigenvalue weighted by atomic mass is 9.86. The predicted molar refractivity (Wildman–Crippen MR) is 72.2 cm³/mol. The SMILES string of the molecule is Clc1ccc(C(Br)CC2CCCCC2)s1. The summed E-state index contributed by atoms with van der Waals surface area (Å²) in [6.45, 7) is 0. The van der Waals surface area contributed by atoms with E-state index in [0.717, 1.165) is 10.3 Å². The van der Waals surface area contributed by atoms with E-state index >= 15 is 0 Å². The van der Waals surface area contributed by atoms with Gasteiger partial charge in [0.2, 0.25) is 0 Å². The van der Waals surface area contributed by atoms with Gasteiger partial charge in [-0.2, -0.15) is 0 Å². The standard InChI is InChI=1S/C12H16BrClS/c13-10(11-6-7-12(14)15-11)8-9-4-2-1-3-5-9/h6-7,9-10H,1-5,8H2. The van der Waals surface area contributed by atoms with Crippen LogP contribution in [-0.2, 0) is 0 Å². The van der Waals surface area contributed by atoms with E-state index in [4.69, 9.17) is 11.6 Å². The second kappa shape index (κ2) is 5.70. The molecular formula is C12H16BrClS. The van der Waals surface area contributed by atoms with Gasteiger partial charge < -0.3 is 0 Å². The summed E-state index contributed by atoms with van der Waals surface area (Å²) < 4.78 is 0.901. The monoisotopic (exact) mass is 306 g/mol. The van der Waals surface area contributed by atoms with Gasteiger partial charge in [-0.15, -0.1) is 11.3 Å². The Morgan fingerprint density at radius 1 is 1.33 bits per heavy atom. The molecule has 1 heterocycles. The molecule has 1 aromatic heterocycles. The van der Waals surface area contributed by atoms with Crippen LogP contribution >= 0.6 is 38.9 Å². The quantitative estimate of drug-likeness (QED) is 0.618. The third-order valence-electron chi connectivity index (χ3n) is 3.17. The van der Waals surface area contributed by atoms with E-state index in [1.807, 2.05) is 6.07 Å². The van der Waals surface area contributed by atoms with E-state index in [9.17, 15) is 0 Å². The molecule has 15 heavy (non-hydrogen) atoms. The van der Waals surface area contributed by atoms with Crippen molar-refractivity contribution in [2.24, 2.45) is 5.92 Å². The molecule has 0 aliphatic heterocycles. The number of hydrogen-bond acceptors (Lipinski definition) is 1. The number of hydrogen-bond donors (Lipinski definition) is 0. The zero-order valence-corrected chi connectivity index (χ0v) is 11.9. The van der Waals surface area contributed by atoms with Gasteiger partial charge in [-0.05, 0) is 24.5 Å². The lowest BCUT2D eigenvalue weighted by Gasteiger charge is -2.23. The van der Waals surface area contributed by atoms with Crippen LogP contribution < -0.4 is 0 Å². The molecule has 3 heteroatoms. The Labute approximate surface area is 109 Å². The highest BCUT2D eigenvalue weighted by molar-refractivity contribution is 9.09. The van der Waals surface area contributed by atoms with Gasteiger partial charge in [0.1, 0.15) is 0 Å². The molecule has 0 saturated heterocycles. The minimum atomic E-state index is 0.512. The van der Waals surface area contributed by atoms with Crippen molar-refractivity contribution in [1.82, 2.24) is 0 Å². The highest BCUT2D eigenvalue weighted by atomic mass is 79.9. The fraction of sp³-hybridized carbons (Fsp3) is 0.667. The molecule has 0 radical (unpaired) electrons. The Hall–Kier alpha value is 0.470. The molecule has 0 amide bonds. The van der Waals surface area contributed by atoms with Crippen LogP contribution in [0.2, 0.25) is 4.34 Å².